The molecule has 0 atom stereocenters. The molecule has 0 saturated carbocycles. The van der Waals surface area contributed by atoms with Crippen molar-refractivity contribution in [2.75, 3.05) is 0 Å². The van der Waals surface area contributed by atoms with Crippen LogP contribution in [0.5, 0.6) is 5.75 Å². The van der Waals surface area contributed by atoms with E-state index in [9.17, 15) is 18.0 Å². The molecule has 0 N–H and O–H groups in total. The van der Waals surface area contributed by atoms with Gasteiger partial charge in [0.05, 0.1) is 5.56 Å². The van der Waals surface area contributed by atoms with Gasteiger partial charge in [-0.2, -0.15) is 14.0 Å². The zero-order chi connectivity index (χ0) is 11.4. The number of halogens is 3. The van der Waals surface area contributed by atoms with E-state index in [1.165, 1.54) is 6.07 Å². The summed E-state index contributed by atoms with van der Waals surface area (Å²) in [6.45, 7) is -3.23. The molecule has 0 saturated heterocycles. The Morgan fingerprint density at radius 3 is 2.60 bits per heavy atom. The van der Waals surface area contributed by atoms with Gasteiger partial charge in [-0.3, -0.25) is 4.79 Å². The van der Waals surface area contributed by atoms with Crippen LogP contribution < -0.4 is 4.74 Å². The van der Waals surface area contributed by atoms with E-state index >= 15 is 0 Å². The molecule has 1 rings (SSSR count). The van der Waals surface area contributed by atoms with Gasteiger partial charge in [0.15, 0.2) is 11.6 Å². The number of rotatable bonds is 3. The SMILES string of the molecule is N#Cc1cc(C=O)cc(F)c1OC(F)F. The molecule has 1 aromatic carbocycles. The van der Waals surface area contributed by atoms with Crippen molar-refractivity contribution in [2.24, 2.45) is 0 Å². The number of aldehydes is 1. The second-order valence-electron chi connectivity index (χ2n) is 2.49. The van der Waals surface area contributed by atoms with E-state index in [2.05, 4.69) is 4.74 Å². The van der Waals surface area contributed by atoms with E-state index in [4.69, 9.17) is 5.26 Å². The van der Waals surface area contributed by atoms with Gasteiger partial charge < -0.3 is 4.74 Å². The van der Waals surface area contributed by atoms with Gasteiger partial charge in [-0.1, -0.05) is 0 Å². The molecular formula is C9H4F3NO2. The van der Waals surface area contributed by atoms with Crippen molar-refractivity contribution in [2.45, 2.75) is 6.61 Å². The van der Waals surface area contributed by atoms with E-state index in [1.807, 2.05) is 0 Å². The second kappa shape index (κ2) is 4.46. The molecule has 0 unspecified atom stereocenters. The lowest BCUT2D eigenvalue weighted by molar-refractivity contribution is -0.0523. The summed E-state index contributed by atoms with van der Waals surface area (Å²) in [5.74, 6) is -2.02. The summed E-state index contributed by atoms with van der Waals surface area (Å²) in [6, 6.07) is 3.14. The molecular weight excluding hydrogens is 211 g/mol. The monoisotopic (exact) mass is 215 g/mol. The summed E-state index contributed by atoms with van der Waals surface area (Å²) in [5.41, 5.74) is -0.567. The lowest BCUT2D eigenvalue weighted by Crippen LogP contribution is -2.06. The lowest BCUT2D eigenvalue weighted by Gasteiger charge is -2.07. The molecule has 1 aromatic rings. The van der Waals surface area contributed by atoms with Crippen molar-refractivity contribution in [1.29, 1.82) is 5.26 Å². The summed E-state index contributed by atoms with van der Waals surface area (Å²) >= 11 is 0. The van der Waals surface area contributed by atoms with Crippen LogP contribution in [0.1, 0.15) is 15.9 Å². The third-order valence-corrected chi connectivity index (χ3v) is 1.53. The lowest BCUT2D eigenvalue weighted by atomic mass is 10.1. The highest BCUT2D eigenvalue weighted by Gasteiger charge is 2.16. The fraction of sp³-hybridized carbons (Fsp3) is 0.111. The maximum Gasteiger partial charge on any atom is 0.387 e. The van der Waals surface area contributed by atoms with Crippen LogP contribution in [-0.2, 0) is 0 Å². The number of benzene rings is 1. The highest BCUT2D eigenvalue weighted by molar-refractivity contribution is 5.76. The van der Waals surface area contributed by atoms with Gasteiger partial charge in [0.25, 0.3) is 0 Å². The Hall–Kier alpha value is -2.03. The van der Waals surface area contributed by atoms with Gasteiger partial charge in [0, 0.05) is 5.56 Å². The number of hydrogen-bond acceptors (Lipinski definition) is 3. The summed E-state index contributed by atoms with van der Waals surface area (Å²) in [7, 11) is 0. The largest absolute Gasteiger partial charge is 0.430 e. The molecule has 0 aromatic heterocycles. The van der Waals surface area contributed by atoms with E-state index in [0.717, 1.165) is 6.07 Å². The highest BCUT2D eigenvalue weighted by atomic mass is 19.3. The first kappa shape index (κ1) is 11.0. The van der Waals surface area contributed by atoms with Gasteiger partial charge in [0.2, 0.25) is 0 Å². The van der Waals surface area contributed by atoms with Crippen molar-refractivity contribution < 1.29 is 22.7 Å². The van der Waals surface area contributed by atoms with Crippen LogP contribution in [0.2, 0.25) is 0 Å². The van der Waals surface area contributed by atoms with E-state index < -0.39 is 23.7 Å². The number of ether oxygens (including phenoxy) is 1. The highest BCUT2D eigenvalue weighted by Crippen LogP contribution is 2.25. The first-order chi connectivity index (χ1) is 7.08. The quantitative estimate of drug-likeness (QED) is 0.725. The van der Waals surface area contributed by atoms with Crippen LogP contribution in [0.4, 0.5) is 13.2 Å². The number of hydrogen-bond donors (Lipinski definition) is 0. The number of carbonyl (C=O) groups is 1. The van der Waals surface area contributed by atoms with Crippen LogP contribution in [0.3, 0.4) is 0 Å². The number of nitriles is 1. The van der Waals surface area contributed by atoms with Crippen molar-refractivity contribution in [3.05, 3.63) is 29.1 Å². The summed E-state index contributed by atoms with van der Waals surface area (Å²) in [4.78, 5) is 10.3. The molecule has 78 valence electrons. The van der Waals surface area contributed by atoms with Crippen LogP contribution >= 0.6 is 0 Å². The molecule has 15 heavy (non-hydrogen) atoms. The zero-order valence-electron chi connectivity index (χ0n) is 7.21. The Bertz CT molecular complexity index is 426. The van der Waals surface area contributed by atoms with Crippen molar-refractivity contribution >= 4 is 6.29 Å². The predicted octanol–water partition coefficient (Wildman–Crippen LogP) is 2.11. The molecule has 0 aliphatic rings. The van der Waals surface area contributed by atoms with Crippen LogP contribution in [-0.4, -0.2) is 12.9 Å². The second-order valence-corrected chi connectivity index (χ2v) is 2.49. The van der Waals surface area contributed by atoms with Crippen molar-refractivity contribution in [3.63, 3.8) is 0 Å². The Morgan fingerprint density at radius 1 is 1.47 bits per heavy atom. The number of carbonyl (C=O) groups excluding carboxylic acids is 1. The Morgan fingerprint density at radius 2 is 2.13 bits per heavy atom. The van der Waals surface area contributed by atoms with Gasteiger partial charge in [-0.05, 0) is 12.1 Å². The molecule has 0 bridgehead atoms. The third-order valence-electron chi connectivity index (χ3n) is 1.53. The normalized spacial score (nSPS) is 9.80. The maximum absolute atomic E-state index is 13.1. The molecule has 0 radical (unpaired) electrons. The minimum Gasteiger partial charge on any atom is -0.430 e. The molecule has 0 fully saturated rings. The summed E-state index contributed by atoms with van der Waals surface area (Å²) < 4.78 is 40.6. The predicted molar refractivity (Wildman–Crippen MR) is 43.1 cm³/mol. The van der Waals surface area contributed by atoms with Gasteiger partial charge in [-0.15, -0.1) is 0 Å². The molecule has 6 heteroatoms. The van der Waals surface area contributed by atoms with Crippen LogP contribution in [0, 0.1) is 17.1 Å². The van der Waals surface area contributed by atoms with E-state index in [0.29, 0.717) is 12.4 Å². The zero-order valence-corrected chi connectivity index (χ0v) is 7.21. The molecule has 0 spiro atoms. The Kier molecular flexibility index (Phi) is 3.29. The van der Waals surface area contributed by atoms with Crippen molar-refractivity contribution in [3.8, 4) is 11.8 Å². The molecule has 0 aliphatic carbocycles. The van der Waals surface area contributed by atoms with Crippen LogP contribution in [0.15, 0.2) is 12.1 Å². The first-order valence-electron chi connectivity index (χ1n) is 3.72. The Balaban J connectivity index is 3.26. The molecule has 0 aliphatic heterocycles. The average molecular weight is 215 g/mol. The summed E-state index contributed by atoms with van der Waals surface area (Å²) in [5, 5.41) is 8.52. The minimum atomic E-state index is -3.23. The Labute approximate surface area is 82.7 Å². The van der Waals surface area contributed by atoms with Gasteiger partial charge in [0.1, 0.15) is 12.4 Å². The minimum absolute atomic E-state index is 0.120. The smallest absolute Gasteiger partial charge is 0.387 e. The first-order valence-corrected chi connectivity index (χ1v) is 3.72. The van der Waals surface area contributed by atoms with Crippen molar-refractivity contribution in [1.82, 2.24) is 0 Å². The molecule has 3 nitrogen and oxygen atoms in total. The topological polar surface area (TPSA) is 50.1 Å². The van der Waals surface area contributed by atoms with E-state index in [1.54, 1.807) is 0 Å². The summed E-state index contributed by atoms with van der Waals surface area (Å²) in [6.07, 6.45) is 0.302. The van der Waals surface area contributed by atoms with Gasteiger partial charge >= 0.3 is 6.61 Å². The van der Waals surface area contributed by atoms with Crippen LogP contribution in [0.25, 0.3) is 0 Å². The standard InChI is InChI=1S/C9H4F3NO2/c10-7-2-5(4-14)1-6(3-13)8(7)15-9(11)12/h1-2,4,9H. The van der Waals surface area contributed by atoms with E-state index in [-0.39, 0.29) is 5.56 Å². The fourth-order valence-electron chi connectivity index (χ4n) is 0.974. The molecule has 0 heterocycles. The average Bonchev–Trinajstić information content (AvgIpc) is 2.20. The number of alkyl halides is 2. The molecule has 0 amide bonds. The van der Waals surface area contributed by atoms with Gasteiger partial charge in [-0.25, -0.2) is 4.39 Å². The fourth-order valence-corrected chi connectivity index (χ4v) is 0.974. The maximum atomic E-state index is 13.1. The third kappa shape index (κ3) is 2.47. The number of nitrogens with zero attached hydrogens (tertiary/aromatic N) is 1.